The molecule has 3 nitrogen and oxygen atoms in total. The number of rotatable bonds is 6. The van der Waals surface area contributed by atoms with Crippen LogP contribution in [-0.4, -0.2) is 11.9 Å². The molecule has 0 atom stereocenters. The molecule has 74 valence electrons. The van der Waals surface area contributed by atoms with Gasteiger partial charge in [-0.1, -0.05) is 19.4 Å². The zero-order valence-electron chi connectivity index (χ0n) is 8.04. The summed E-state index contributed by atoms with van der Waals surface area (Å²) in [5.41, 5.74) is 0. The molecule has 0 saturated heterocycles. The van der Waals surface area contributed by atoms with Crippen LogP contribution in [0.1, 0.15) is 39.0 Å². The minimum atomic E-state index is -0.457. The van der Waals surface area contributed by atoms with E-state index in [-0.39, 0.29) is 6.42 Å². The van der Waals surface area contributed by atoms with Gasteiger partial charge < -0.3 is 4.74 Å². The van der Waals surface area contributed by atoms with Gasteiger partial charge in [0.05, 0.1) is 0 Å². The fourth-order valence-corrected chi connectivity index (χ4v) is 0.770. The number of hydrogen-bond acceptors (Lipinski definition) is 3. The minimum absolute atomic E-state index is 0.237. The first-order chi connectivity index (χ1) is 6.20. The molecule has 0 aliphatic heterocycles. The average molecular weight is 184 g/mol. The molecule has 0 rings (SSSR count). The number of carbonyl (C=O) groups excluding carboxylic acids is 2. The van der Waals surface area contributed by atoms with Crippen LogP contribution in [0.3, 0.4) is 0 Å². The fourth-order valence-electron chi connectivity index (χ4n) is 0.770. The number of esters is 2. The molecule has 0 aromatic heterocycles. The van der Waals surface area contributed by atoms with Gasteiger partial charge in [-0.25, -0.2) is 0 Å². The van der Waals surface area contributed by atoms with Crippen LogP contribution in [0.15, 0.2) is 12.7 Å². The molecule has 0 aliphatic rings. The zero-order chi connectivity index (χ0) is 10.1. The summed E-state index contributed by atoms with van der Waals surface area (Å²) < 4.78 is 4.53. The van der Waals surface area contributed by atoms with E-state index in [9.17, 15) is 9.59 Å². The molecule has 0 fully saturated rings. The van der Waals surface area contributed by atoms with Gasteiger partial charge in [-0.2, -0.15) is 0 Å². The summed E-state index contributed by atoms with van der Waals surface area (Å²) in [4.78, 5) is 21.8. The molecule has 0 N–H and O–H groups in total. The lowest BCUT2D eigenvalue weighted by molar-refractivity contribution is -0.159. The molecule has 0 amide bonds. The molecule has 0 aromatic rings. The lowest BCUT2D eigenvalue weighted by Crippen LogP contribution is -2.11. The quantitative estimate of drug-likeness (QED) is 0.361. The van der Waals surface area contributed by atoms with Crippen LogP contribution < -0.4 is 0 Å². The lowest BCUT2D eigenvalue weighted by Gasteiger charge is -2.00. The van der Waals surface area contributed by atoms with Crippen LogP contribution in [0.2, 0.25) is 0 Å². The Labute approximate surface area is 78.8 Å². The topological polar surface area (TPSA) is 43.4 Å². The minimum Gasteiger partial charge on any atom is -0.393 e. The van der Waals surface area contributed by atoms with Gasteiger partial charge in [-0.05, 0) is 12.8 Å². The first-order valence-corrected chi connectivity index (χ1v) is 4.55. The molecule has 0 spiro atoms. The summed E-state index contributed by atoms with van der Waals surface area (Å²) in [7, 11) is 0. The Hall–Kier alpha value is -1.12. The van der Waals surface area contributed by atoms with Crippen LogP contribution in [0.4, 0.5) is 0 Å². The Morgan fingerprint density at radius 3 is 2.46 bits per heavy atom. The largest absolute Gasteiger partial charge is 0.393 e. The lowest BCUT2D eigenvalue weighted by atomic mass is 10.2. The van der Waals surface area contributed by atoms with Crippen molar-refractivity contribution in [2.45, 2.75) is 39.0 Å². The second-order valence-corrected chi connectivity index (χ2v) is 2.78. The highest BCUT2D eigenvalue weighted by molar-refractivity contribution is 5.85. The molecule has 3 heteroatoms. The van der Waals surface area contributed by atoms with Crippen LogP contribution in [-0.2, 0) is 14.3 Å². The molecule has 0 aliphatic carbocycles. The van der Waals surface area contributed by atoms with Gasteiger partial charge in [0.1, 0.15) is 0 Å². The molecule has 0 unspecified atom stereocenters. The zero-order valence-corrected chi connectivity index (χ0v) is 8.04. The number of hydrogen-bond donors (Lipinski definition) is 0. The first-order valence-electron chi connectivity index (χ1n) is 4.55. The third kappa shape index (κ3) is 7.25. The van der Waals surface area contributed by atoms with E-state index in [2.05, 4.69) is 11.3 Å². The van der Waals surface area contributed by atoms with E-state index in [1.165, 1.54) is 0 Å². The molecule has 0 saturated carbocycles. The summed E-state index contributed by atoms with van der Waals surface area (Å²) in [5.74, 6) is -0.878. The van der Waals surface area contributed by atoms with Crippen molar-refractivity contribution < 1.29 is 14.3 Å². The Bertz CT molecular complexity index is 185. The molecule has 0 bridgehead atoms. The third-order valence-corrected chi connectivity index (χ3v) is 1.51. The van der Waals surface area contributed by atoms with Gasteiger partial charge in [0.2, 0.25) is 0 Å². The highest BCUT2D eigenvalue weighted by Gasteiger charge is 2.08. The monoisotopic (exact) mass is 184 g/mol. The molecular formula is C10H16O3. The van der Waals surface area contributed by atoms with Crippen molar-refractivity contribution in [3.63, 3.8) is 0 Å². The molecule has 0 aromatic carbocycles. The Balaban J connectivity index is 3.53. The van der Waals surface area contributed by atoms with Crippen molar-refractivity contribution >= 4 is 11.9 Å². The van der Waals surface area contributed by atoms with Gasteiger partial charge in [0.15, 0.2) is 0 Å². The smallest absolute Gasteiger partial charge is 0.313 e. The highest BCUT2D eigenvalue weighted by Crippen LogP contribution is 1.99. The van der Waals surface area contributed by atoms with E-state index in [1.54, 1.807) is 6.08 Å². The molecule has 0 heterocycles. The number of allylic oxidation sites excluding steroid dienone is 1. The van der Waals surface area contributed by atoms with Crippen molar-refractivity contribution in [3.8, 4) is 0 Å². The number of carbonyl (C=O) groups is 2. The maximum absolute atomic E-state index is 10.9. The Morgan fingerprint density at radius 1 is 1.31 bits per heavy atom. The fraction of sp³-hybridized carbons (Fsp3) is 0.600. The molecule has 13 heavy (non-hydrogen) atoms. The summed E-state index contributed by atoms with van der Waals surface area (Å²) in [6.07, 6.45) is 4.44. The van der Waals surface area contributed by atoms with Crippen LogP contribution in [0, 0.1) is 0 Å². The predicted molar refractivity (Wildman–Crippen MR) is 50.1 cm³/mol. The van der Waals surface area contributed by atoms with E-state index in [0.717, 1.165) is 12.8 Å². The van der Waals surface area contributed by atoms with E-state index in [4.69, 9.17) is 0 Å². The second-order valence-electron chi connectivity index (χ2n) is 2.78. The third-order valence-electron chi connectivity index (χ3n) is 1.51. The summed E-state index contributed by atoms with van der Waals surface area (Å²) in [6.45, 7) is 5.45. The van der Waals surface area contributed by atoms with Crippen LogP contribution >= 0.6 is 0 Å². The Morgan fingerprint density at radius 2 is 1.92 bits per heavy atom. The van der Waals surface area contributed by atoms with Gasteiger partial charge in [-0.15, -0.1) is 6.58 Å². The average Bonchev–Trinajstić information content (AvgIpc) is 2.11. The van der Waals surface area contributed by atoms with E-state index >= 15 is 0 Å². The van der Waals surface area contributed by atoms with Crippen LogP contribution in [0.5, 0.6) is 0 Å². The maximum Gasteiger partial charge on any atom is 0.313 e. The van der Waals surface area contributed by atoms with Crippen molar-refractivity contribution in [3.05, 3.63) is 12.7 Å². The SMILES string of the molecule is C=CCCC(=O)OC(=O)CCCC. The summed E-state index contributed by atoms with van der Waals surface area (Å²) in [5, 5.41) is 0. The predicted octanol–water partition coefficient (Wildman–Crippen LogP) is 2.21. The van der Waals surface area contributed by atoms with Crippen LogP contribution in [0.25, 0.3) is 0 Å². The standard InChI is InChI=1S/C10H16O3/c1-3-5-7-9(11)13-10(12)8-6-4-2/h3H,1,4-8H2,2H3. The second kappa shape index (κ2) is 7.53. The summed E-state index contributed by atoms with van der Waals surface area (Å²) >= 11 is 0. The van der Waals surface area contributed by atoms with Gasteiger partial charge in [-0.3, -0.25) is 9.59 Å². The number of unbranched alkanes of at least 4 members (excludes halogenated alkanes) is 1. The normalized spacial score (nSPS) is 9.31. The van der Waals surface area contributed by atoms with E-state index in [0.29, 0.717) is 12.8 Å². The van der Waals surface area contributed by atoms with Gasteiger partial charge in [0.25, 0.3) is 0 Å². The first kappa shape index (κ1) is 11.9. The van der Waals surface area contributed by atoms with Crippen molar-refractivity contribution in [1.29, 1.82) is 0 Å². The van der Waals surface area contributed by atoms with Crippen molar-refractivity contribution in [1.82, 2.24) is 0 Å². The highest BCUT2D eigenvalue weighted by atomic mass is 16.6. The van der Waals surface area contributed by atoms with Crippen molar-refractivity contribution in [2.24, 2.45) is 0 Å². The van der Waals surface area contributed by atoms with Gasteiger partial charge in [0, 0.05) is 12.8 Å². The van der Waals surface area contributed by atoms with E-state index < -0.39 is 11.9 Å². The molecular weight excluding hydrogens is 168 g/mol. The van der Waals surface area contributed by atoms with Gasteiger partial charge >= 0.3 is 11.9 Å². The van der Waals surface area contributed by atoms with Crippen molar-refractivity contribution in [2.75, 3.05) is 0 Å². The maximum atomic E-state index is 10.9. The Kier molecular flexibility index (Phi) is 6.88. The molecule has 0 radical (unpaired) electrons. The van der Waals surface area contributed by atoms with E-state index in [1.807, 2.05) is 6.92 Å². The summed E-state index contributed by atoms with van der Waals surface area (Å²) in [6, 6.07) is 0. The number of ether oxygens (including phenoxy) is 1.